The minimum Gasteiger partial charge on any atom is -0.370 e. The van der Waals surface area contributed by atoms with Crippen molar-refractivity contribution in [3.05, 3.63) is 58.2 Å². The lowest BCUT2D eigenvalue weighted by Crippen LogP contribution is -2.31. The lowest BCUT2D eigenvalue weighted by Gasteiger charge is -2.30. The highest BCUT2D eigenvalue weighted by Crippen LogP contribution is 2.40. The summed E-state index contributed by atoms with van der Waals surface area (Å²) >= 11 is 3.43. The van der Waals surface area contributed by atoms with Crippen molar-refractivity contribution in [1.82, 2.24) is 19.6 Å². The number of nitrogens with zero attached hydrogens (tertiary/aromatic N) is 4. The molecular weight excluding hydrogens is 412 g/mol. The van der Waals surface area contributed by atoms with Crippen LogP contribution in [-0.2, 0) is 24.2 Å². The molecule has 0 radical (unpaired) electrons. The highest BCUT2D eigenvalue weighted by atomic mass is 32.2. The van der Waals surface area contributed by atoms with Crippen molar-refractivity contribution in [3.8, 4) is 0 Å². The number of aryl methyl sites for hydroxylation is 1. The van der Waals surface area contributed by atoms with Crippen molar-refractivity contribution >= 4 is 45.0 Å². The summed E-state index contributed by atoms with van der Waals surface area (Å²) < 4.78 is 8.18. The maximum atomic E-state index is 6.03. The van der Waals surface area contributed by atoms with Crippen LogP contribution in [0.3, 0.4) is 0 Å². The number of fused-ring (bicyclic) bond motifs is 5. The van der Waals surface area contributed by atoms with Crippen LogP contribution in [0.25, 0.3) is 21.9 Å². The lowest BCUT2D eigenvalue weighted by molar-refractivity contribution is -0.0379. The molecule has 1 aromatic carbocycles. The standard InChI is InChI=1S/C23H24N4OS2/c1-4-18-24-21-19(16-13-23(2,3)28-14-17(16)30-21)20-25-26-22(27(18)20)29-12-8-11-15-9-6-5-7-10-15/h5-11H,4,12-14H2,1-3H3. The Kier molecular flexibility index (Phi) is 5.13. The fraction of sp³-hybridized carbons (Fsp3) is 0.348. The van der Waals surface area contributed by atoms with Crippen molar-refractivity contribution in [2.45, 2.75) is 51.0 Å². The van der Waals surface area contributed by atoms with E-state index in [-0.39, 0.29) is 5.60 Å². The van der Waals surface area contributed by atoms with Crippen LogP contribution < -0.4 is 0 Å². The van der Waals surface area contributed by atoms with Gasteiger partial charge < -0.3 is 4.74 Å². The Balaban J connectivity index is 1.52. The summed E-state index contributed by atoms with van der Waals surface area (Å²) in [6, 6.07) is 10.3. The van der Waals surface area contributed by atoms with Crippen molar-refractivity contribution < 1.29 is 4.74 Å². The van der Waals surface area contributed by atoms with E-state index in [1.807, 2.05) is 6.07 Å². The minimum absolute atomic E-state index is 0.165. The molecule has 0 bridgehead atoms. The first-order chi connectivity index (χ1) is 14.6. The normalized spacial score (nSPS) is 16.0. The van der Waals surface area contributed by atoms with Gasteiger partial charge in [0.25, 0.3) is 0 Å². The summed E-state index contributed by atoms with van der Waals surface area (Å²) in [5.41, 5.74) is 3.30. The summed E-state index contributed by atoms with van der Waals surface area (Å²) in [6.07, 6.45) is 6.03. The lowest BCUT2D eigenvalue weighted by atomic mass is 9.94. The zero-order chi connectivity index (χ0) is 20.7. The zero-order valence-corrected chi connectivity index (χ0v) is 19.0. The molecule has 30 heavy (non-hydrogen) atoms. The fourth-order valence-corrected chi connectivity index (χ4v) is 5.76. The summed E-state index contributed by atoms with van der Waals surface area (Å²) in [7, 11) is 0. The van der Waals surface area contributed by atoms with E-state index in [2.05, 4.69) is 71.8 Å². The zero-order valence-electron chi connectivity index (χ0n) is 17.4. The molecule has 4 heterocycles. The molecule has 0 amide bonds. The van der Waals surface area contributed by atoms with Gasteiger partial charge in [-0.15, -0.1) is 21.5 Å². The van der Waals surface area contributed by atoms with Gasteiger partial charge in [-0.05, 0) is 25.0 Å². The molecule has 0 N–H and O–H groups in total. The highest BCUT2D eigenvalue weighted by Gasteiger charge is 2.31. The van der Waals surface area contributed by atoms with Crippen molar-refractivity contribution in [2.24, 2.45) is 0 Å². The first kappa shape index (κ1) is 19.7. The molecule has 5 rings (SSSR count). The molecule has 154 valence electrons. The van der Waals surface area contributed by atoms with E-state index in [0.29, 0.717) is 6.61 Å². The molecule has 0 atom stereocenters. The van der Waals surface area contributed by atoms with Crippen LogP contribution in [0, 0.1) is 0 Å². The van der Waals surface area contributed by atoms with Crippen LogP contribution in [0.4, 0.5) is 0 Å². The van der Waals surface area contributed by atoms with E-state index < -0.39 is 0 Å². The number of thioether (sulfide) groups is 1. The third kappa shape index (κ3) is 3.55. The van der Waals surface area contributed by atoms with Crippen molar-refractivity contribution in [2.75, 3.05) is 5.75 Å². The van der Waals surface area contributed by atoms with Crippen LogP contribution in [0.2, 0.25) is 0 Å². The Morgan fingerprint density at radius 1 is 1.23 bits per heavy atom. The molecule has 0 saturated heterocycles. The van der Waals surface area contributed by atoms with E-state index in [1.54, 1.807) is 23.1 Å². The highest BCUT2D eigenvalue weighted by molar-refractivity contribution is 7.99. The van der Waals surface area contributed by atoms with Gasteiger partial charge >= 0.3 is 0 Å². The smallest absolute Gasteiger partial charge is 0.197 e. The molecule has 0 unspecified atom stereocenters. The van der Waals surface area contributed by atoms with Gasteiger partial charge in [-0.1, -0.05) is 61.2 Å². The Hall–Kier alpha value is -2.22. The molecule has 0 aliphatic carbocycles. The van der Waals surface area contributed by atoms with Crippen LogP contribution in [-0.4, -0.2) is 30.9 Å². The minimum atomic E-state index is -0.165. The maximum Gasteiger partial charge on any atom is 0.197 e. The number of hydrogen-bond donors (Lipinski definition) is 0. The van der Waals surface area contributed by atoms with Gasteiger partial charge in [-0.25, -0.2) is 4.98 Å². The second kappa shape index (κ2) is 7.80. The molecule has 3 aromatic heterocycles. The summed E-state index contributed by atoms with van der Waals surface area (Å²) in [5.74, 6) is 1.84. The monoisotopic (exact) mass is 436 g/mol. The van der Waals surface area contributed by atoms with E-state index >= 15 is 0 Å². The predicted octanol–water partition coefficient (Wildman–Crippen LogP) is 5.56. The molecule has 0 fully saturated rings. The van der Waals surface area contributed by atoms with E-state index in [9.17, 15) is 0 Å². The van der Waals surface area contributed by atoms with Gasteiger partial charge in [0.2, 0.25) is 0 Å². The molecule has 1 aliphatic rings. The Labute approximate surface area is 184 Å². The molecule has 5 nitrogen and oxygen atoms in total. The Bertz CT molecular complexity index is 1240. The number of aromatic nitrogens is 4. The summed E-state index contributed by atoms with van der Waals surface area (Å²) in [4.78, 5) is 7.33. The second-order valence-electron chi connectivity index (χ2n) is 8.06. The average molecular weight is 437 g/mol. The summed E-state index contributed by atoms with van der Waals surface area (Å²) in [6.45, 7) is 7.08. The predicted molar refractivity (Wildman–Crippen MR) is 124 cm³/mol. The van der Waals surface area contributed by atoms with E-state index in [4.69, 9.17) is 9.72 Å². The van der Waals surface area contributed by atoms with Crippen molar-refractivity contribution in [3.63, 3.8) is 0 Å². The molecule has 0 spiro atoms. The number of ether oxygens (including phenoxy) is 1. The Morgan fingerprint density at radius 3 is 2.87 bits per heavy atom. The Morgan fingerprint density at radius 2 is 2.07 bits per heavy atom. The maximum absolute atomic E-state index is 6.03. The largest absolute Gasteiger partial charge is 0.370 e. The first-order valence-corrected chi connectivity index (χ1v) is 12.0. The van der Waals surface area contributed by atoms with Crippen LogP contribution in [0.5, 0.6) is 0 Å². The van der Waals surface area contributed by atoms with Crippen molar-refractivity contribution in [1.29, 1.82) is 0 Å². The number of hydrogen-bond acceptors (Lipinski definition) is 6. The summed E-state index contributed by atoms with van der Waals surface area (Å²) in [5, 5.41) is 11.2. The first-order valence-electron chi connectivity index (χ1n) is 10.2. The fourth-order valence-electron chi connectivity index (χ4n) is 3.88. The second-order valence-corrected chi connectivity index (χ2v) is 10.1. The molecule has 1 aliphatic heterocycles. The molecule has 0 saturated carbocycles. The molecule has 7 heteroatoms. The van der Waals surface area contributed by atoms with E-state index in [1.165, 1.54) is 16.0 Å². The van der Waals surface area contributed by atoms with Crippen LogP contribution >= 0.6 is 23.1 Å². The van der Waals surface area contributed by atoms with Gasteiger partial charge in [0.15, 0.2) is 10.8 Å². The van der Waals surface area contributed by atoms with Gasteiger partial charge in [0.1, 0.15) is 10.7 Å². The van der Waals surface area contributed by atoms with Gasteiger partial charge in [-0.3, -0.25) is 4.40 Å². The topological polar surface area (TPSA) is 52.3 Å². The van der Waals surface area contributed by atoms with E-state index in [0.717, 1.165) is 45.4 Å². The SMILES string of the molecule is CCc1nc2sc3c(c2c2nnc(SCC=Cc4ccccc4)n12)CC(C)(C)OC3. The third-order valence-corrected chi connectivity index (χ3v) is 7.33. The van der Waals surface area contributed by atoms with Gasteiger partial charge in [0.05, 0.1) is 17.6 Å². The number of benzene rings is 1. The average Bonchev–Trinajstić information content (AvgIpc) is 3.31. The number of rotatable bonds is 5. The third-order valence-electron chi connectivity index (χ3n) is 5.35. The van der Waals surface area contributed by atoms with Crippen LogP contribution in [0.15, 0.2) is 41.6 Å². The molecule has 4 aromatic rings. The van der Waals surface area contributed by atoms with Crippen LogP contribution in [0.1, 0.15) is 42.6 Å². The van der Waals surface area contributed by atoms with Gasteiger partial charge in [-0.2, -0.15) is 0 Å². The number of thiophene rings is 1. The quantitative estimate of drug-likeness (QED) is 0.384. The molecular formula is C23H24N4OS2. The van der Waals surface area contributed by atoms with Gasteiger partial charge in [0, 0.05) is 23.5 Å².